The highest BCUT2D eigenvalue weighted by Crippen LogP contribution is 2.26. The van der Waals surface area contributed by atoms with Gasteiger partial charge in [0.15, 0.2) is 0 Å². The molecule has 1 amide bonds. The molecule has 0 aromatic rings. The molecule has 1 heterocycles. The average molecular weight is 311 g/mol. The van der Waals surface area contributed by atoms with Gasteiger partial charge < -0.3 is 14.4 Å². The summed E-state index contributed by atoms with van der Waals surface area (Å²) in [6.45, 7) is 4.05. The molecule has 5 heteroatoms. The number of nitrogens with zero attached hydrogens (tertiary/aromatic N) is 1. The van der Waals surface area contributed by atoms with E-state index < -0.39 is 0 Å². The summed E-state index contributed by atoms with van der Waals surface area (Å²) in [7, 11) is 0. The quantitative estimate of drug-likeness (QED) is 0.678. The summed E-state index contributed by atoms with van der Waals surface area (Å²) in [5.74, 6) is 0.119. The molecule has 2 rings (SSSR count). The molecule has 2 fully saturated rings. The van der Waals surface area contributed by atoms with Crippen LogP contribution in [0.3, 0.4) is 0 Å². The van der Waals surface area contributed by atoms with Gasteiger partial charge >= 0.3 is 5.97 Å². The molecule has 2 aliphatic rings. The van der Waals surface area contributed by atoms with Crippen LogP contribution in [0.5, 0.6) is 0 Å². The average Bonchev–Trinajstić information content (AvgIpc) is 3.05. The Bertz CT molecular complexity index is 360. The highest BCUT2D eigenvalue weighted by Gasteiger charge is 2.29. The molecule has 1 aliphatic heterocycles. The summed E-state index contributed by atoms with van der Waals surface area (Å²) < 4.78 is 10.6. The Morgan fingerprint density at radius 2 is 1.91 bits per heavy atom. The van der Waals surface area contributed by atoms with Crippen LogP contribution in [0.1, 0.15) is 58.3 Å². The van der Waals surface area contributed by atoms with Crippen molar-refractivity contribution in [3.8, 4) is 0 Å². The van der Waals surface area contributed by atoms with Crippen molar-refractivity contribution >= 4 is 11.9 Å². The zero-order valence-electron chi connectivity index (χ0n) is 13.7. The summed E-state index contributed by atoms with van der Waals surface area (Å²) in [4.78, 5) is 26.2. The molecule has 126 valence electrons. The molecule has 1 saturated carbocycles. The third-order valence-corrected chi connectivity index (χ3v) is 4.61. The number of carbonyl (C=O) groups is 2. The number of amides is 1. The number of ether oxygens (including phenoxy) is 2. The van der Waals surface area contributed by atoms with Crippen molar-refractivity contribution in [3.63, 3.8) is 0 Å². The fourth-order valence-corrected chi connectivity index (χ4v) is 3.39. The van der Waals surface area contributed by atoms with E-state index in [4.69, 9.17) is 9.47 Å². The Morgan fingerprint density at radius 3 is 2.55 bits per heavy atom. The van der Waals surface area contributed by atoms with Gasteiger partial charge in [-0.15, -0.1) is 0 Å². The van der Waals surface area contributed by atoms with E-state index in [9.17, 15) is 9.59 Å². The van der Waals surface area contributed by atoms with Crippen LogP contribution >= 0.6 is 0 Å². The van der Waals surface area contributed by atoms with E-state index in [1.54, 1.807) is 6.92 Å². The third kappa shape index (κ3) is 5.27. The Morgan fingerprint density at radius 1 is 1.14 bits per heavy atom. The van der Waals surface area contributed by atoms with Crippen LogP contribution in [0.15, 0.2) is 0 Å². The molecule has 1 aliphatic carbocycles. The lowest BCUT2D eigenvalue weighted by molar-refractivity contribution is -0.145. The molecular weight excluding hydrogens is 282 g/mol. The van der Waals surface area contributed by atoms with Crippen LogP contribution in [0.25, 0.3) is 0 Å². The lowest BCUT2D eigenvalue weighted by atomic mass is 9.88. The Hall–Kier alpha value is -1.10. The van der Waals surface area contributed by atoms with Gasteiger partial charge in [-0.3, -0.25) is 9.59 Å². The van der Waals surface area contributed by atoms with Crippen LogP contribution in [0, 0.1) is 5.92 Å². The number of carbonyl (C=O) groups excluding carboxylic acids is 2. The maximum absolute atomic E-state index is 12.8. The van der Waals surface area contributed by atoms with Crippen LogP contribution in [0.4, 0.5) is 0 Å². The van der Waals surface area contributed by atoms with Crippen LogP contribution < -0.4 is 0 Å². The summed E-state index contributed by atoms with van der Waals surface area (Å²) in [5.41, 5.74) is 0. The lowest BCUT2D eigenvalue weighted by Gasteiger charge is -2.30. The highest BCUT2D eigenvalue weighted by atomic mass is 16.5. The second kappa shape index (κ2) is 9.13. The molecule has 0 aromatic heterocycles. The topological polar surface area (TPSA) is 55.8 Å². The van der Waals surface area contributed by atoms with Gasteiger partial charge in [-0.1, -0.05) is 19.3 Å². The maximum atomic E-state index is 12.8. The zero-order valence-corrected chi connectivity index (χ0v) is 13.7. The second-order valence-electron chi connectivity index (χ2n) is 6.31. The summed E-state index contributed by atoms with van der Waals surface area (Å²) in [6.07, 6.45) is 7.97. The highest BCUT2D eigenvalue weighted by molar-refractivity contribution is 5.79. The molecule has 1 saturated heterocycles. The number of rotatable bonds is 7. The van der Waals surface area contributed by atoms with Gasteiger partial charge in [-0.25, -0.2) is 0 Å². The van der Waals surface area contributed by atoms with Gasteiger partial charge in [-0.2, -0.15) is 0 Å². The van der Waals surface area contributed by atoms with Gasteiger partial charge in [0.05, 0.1) is 19.1 Å². The predicted octanol–water partition coefficient (Wildman–Crippen LogP) is 2.53. The minimum Gasteiger partial charge on any atom is -0.466 e. The van der Waals surface area contributed by atoms with Gasteiger partial charge in [-0.05, 0) is 32.6 Å². The molecule has 0 bridgehead atoms. The van der Waals surface area contributed by atoms with Crippen LogP contribution in [-0.2, 0) is 19.1 Å². The van der Waals surface area contributed by atoms with Crippen molar-refractivity contribution in [2.75, 3.05) is 26.3 Å². The first-order valence-electron chi connectivity index (χ1n) is 8.76. The van der Waals surface area contributed by atoms with Crippen molar-refractivity contribution < 1.29 is 19.1 Å². The van der Waals surface area contributed by atoms with E-state index in [1.807, 2.05) is 4.90 Å². The third-order valence-electron chi connectivity index (χ3n) is 4.61. The summed E-state index contributed by atoms with van der Waals surface area (Å²) in [6, 6.07) is 0. The fraction of sp³-hybridized carbons (Fsp3) is 0.882. The molecular formula is C17H29NO4. The largest absolute Gasteiger partial charge is 0.466 e. The Kier molecular flexibility index (Phi) is 7.16. The van der Waals surface area contributed by atoms with Gasteiger partial charge in [0, 0.05) is 25.6 Å². The van der Waals surface area contributed by atoms with Gasteiger partial charge in [0.1, 0.15) is 0 Å². The molecule has 0 aromatic carbocycles. The summed E-state index contributed by atoms with van der Waals surface area (Å²) in [5, 5.41) is 0. The van der Waals surface area contributed by atoms with Crippen LogP contribution in [0.2, 0.25) is 0 Å². The van der Waals surface area contributed by atoms with Crippen molar-refractivity contribution in [2.45, 2.75) is 64.4 Å². The van der Waals surface area contributed by atoms with Crippen LogP contribution in [-0.4, -0.2) is 49.2 Å². The van der Waals surface area contributed by atoms with E-state index in [2.05, 4.69) is 0 Å². The van der Waals surface area contributed by atoms with Crippen molar-refractivity contribution in [1.82, 2.24) is 4.90 Å². The van der Waals surface area contributed by atoms with E-state index in [1.165, 1.54) is 6.42 Å². The molecule has 1 atom stereocenters. The number of hydrogen-bond acceptors (Lipinski definition) is 4. The second-order valence-corrected chi connectivity index (χ2v) is 6.31. The zero-order chi connectivity index (χ0) is 15.8. The first-order valence-corrected chi connectivity index (χ1v) is 8.76. The van der Waals surface area contributed by atoms with Gasteiger partial charge in [0.2, 0.25) is 5.91 Å². The lowest BCUT2D eigenvalue weighted by Crippen LogP contribution is -2.42. The predicted molar refractivity (Wildman–Crippen MR) is 83.4 cm³/mol. The van der Waals surface area contributed by atoms with Gasteiger partial charge in [0.25, 0.3) is 0 Å². The van der Waals surface area contributed by atoms with Crippen molar-refractivity contribution in [2.24, 2.45) is 5.92 Å². The molecule has 0 radical (unpaired) electrons. The van der Waals surface area contributed by atoms with Crippen molar-refractivity contribution in [3.05, 3.63) is 0 Å². The minimum absolute atomic E-state index is 0.134. The monoisotopic (exact) mass is 311 g/mol. The fourth-order valence-electron chi connectivity index (χ4n) is 3.39. The first kappa shape index (κ1) is 17.3. The smallest absolute Gasteiger partial charge is 0.307 e. The van der Waals surface area contributed by atoms with E-state index in [0.29, 0.717) is 19.7 Å². The number of esters is 1. The molecule has 22 heavy (non-hydrogen) atoms. The van der Waals surface area contributed by atoms with Crippen molar-refractivity contribution in [1.29, 1.82) is 0 Å². The van der Waals surface area contributed by atoms with E-state index in [-0.39, 0.29) is 30.3 Å². The normalized spacial score (nSPS) is 22.5. The summed E-state index contributed by atoms with van der Waals surface area (Å²) >= 11 is 0. The standard InChI is InChI=1S/C17H29NO4/c1-2-21-16(19)10-11-18(13-15-9-6-12-22-15)17(20)14-7-4-3-5-8-14/h14-15H,2-13H2,1H3. The Labute approximate surface area is 133 Å². The minimum atomic E-state index is -0.226. The number of hydrogen-bond donors (Lipinski definition) is 0. The first-order chi connectivity index (χ1) is 10.7. The molecule has 5 nitrogen and oxygen atoms in total. The molecule has 1 unspecified atom stereocenters. The van der Waals surface area contributed by atoms with E-state index in [0.717, 1.165) is 45.1 Å². The maximum Gasteiger partial charge on any atom is 0.307 e. The molecule has 0 spiro atoms. The SMILES string of the molecule is CCOC(=O)CCN(CC1CCCO1)C(=O)C1CCCCC1. The molecule has 0 N–H and O–H groups in total. The Balaban J connectivity index is 1.89. The van der Waals surface area contributed by atoms with E-state index >= 15 is 0 Å².